The Morgan fingerprint density at radius 1 is 0.844 bits per heavy atom. The molecule has 166 valence electrons. The number of nitrogens with one attached hydrogen (secondary N) is 1. The van der Waals surface area contributed by atoms with Crippen LogP contribution in [0, 0.1) is 3.57 Å². The number of esters is 1. The number of ether oxygens (including phenoxy) is 3. The van der Waals surface area contributed by atoms with Crippen molar-refractivity contribution in [2.45, 2.75) is 25.7 Å². The lowest BCUT2D eigenvalue weighted by molar-refractivity contribution is -0.147. The first-order valence-corrected chi connectivity index (χ1v) is 11.1. The Bertz CT molecular complexity index is 1030. The number of rotatable bonds is 9. The van der Waals surface area contributed by atoms with Crippen LogP contribution in [0.4, 0.5) is 4.79 Å². The van der Waals surface area contributed by atoms with Gasteiger partial charge in [-0.3, -0.25) is 0 Å². The number of alkyl carbamates (subject to hydrolysis) is 1. The molecule has 0 saturated carbocycles. The van der Waals surface area contributed by atoms with E-state index < -0.39 is 18.1 Å². The van der Waals surface area contributed by atoms with Gasteiger partial charge in [0.15, 0.2) is 0 Å². The molecule has 0 aromatic heterocycles. The molecule has 0 radical (unpaired) electrons. The van der Waals surface area contributed by atoms with Gasteiger partial charge in [-0.05, 0) is 51.4 Å². The predicted molar refractivity (Wildman–Crippen MR) is 129 cm³/mol. The number of amides is 1. The van der Waals surface area contributed by atoms with E-state index >= 15 is 0 Å². The topological polar surface area (TPSA) is 73.9 Å². The molecule has 1 amide bonds. The Morgan fingerprint density at radius 2 is 1.44 bits per heavy atom. The molecule has 3 aromatic carbocycles. The van der Waals surface area contributed by atoms with Crippen molar-refractivity contribution in [2.24, 2.45) is 0 Å². The summed E-state index contributed by atoms with van der Waals surface area (Å²) < 4.78 is 17.0. The first-order chi connectivity index (χ1) is 15.5. The molecule has 0 saturated heterocycles. The van der Waals surface area contributed by atoms with Gasteiger partial charge in [0.05, 0.1) is 10.7 Å². The number of benzene rings is 3. The van der Waals surface area contributed by atoms with Gasteiger partial charge in [-0.25, -0.2) is 9.59 Å². The Labute approximate surface area is 201 Å². The van der Waals surface area contributed by atoms with Crippen LogP contribution in [0.15, 0.2) is 78.9 Å². The van der Waals surface area contributed by atoms with Crippen molar-refractivity contribution in [1.82, 2.24) is 5.32 Å². The quantitative estimate of drug-likeness (QED) is 0.307. The van der Waals surface area contributed by atoms with E-state index in [4.69, 9.17) is 14.2 Å². The van der Waals surface area contributed by atoms with Gasteiger partial charge in [-0.15, -0.1) is 0 Å². The molecular weight excluding hydrogens is 521 g/mol. The zero-order valence-corrected chi connectivity index (χ0v) is 19.8. The molecule has 1 N–H and O–H groups in total. The Kier molecular flexibility index (Phi) is 8.91. The van der Waals surface area contributed by atoms with Gasteiger partial charge < -0.3 is 19.5 Å². The fourth-order valence-electron chi connectivity index (χ4n) is 3.00. The summed E-state index contributed by atoms with van der Waals surface area (Å²) in [5.41, 5.74) is 2.58. The Morgan fingerprint density at radius 3 is 2.00 bits per heavy atom. The number of hydrogen-bond donors (Lipinski definition) is 1. The van der Waals surface area contributed by atoms with E-state index in [2.05, 4.69) is 27.9 Å². The van der Waals surface area contributed by atoms with Crippen molar-refractivity contribution in [3.05, 3.63) is 99.1 Å². The van der Waals surface area contributed by atoms with Gasteiger partial charge in [-0.2, -0.15) is 0 Å². The molecule has 0 spiro atoms. The molecule has 0 aliphatic rings. The standard InChI is InChI=1S/C25H24INO5/c1-30-23-13-12-20(14-21(23)26)15-22(24(28)31-16-18-8-4-2-5-9-18)27-25(29)32-17-19-10-6-3-7-11-19/h2-14,22H,15-17H2,1H3,(H,27,29)/t22-/m0/s1. The zero-order valence-electron chi connectivity index (χ0n) is 17.6. The number of hydrogen-bond acceptors (Lipinski definition) is 5. The predicted octanol–water partition coefficient (Wildman–Crippen LogP) is 4.88. The summed E-state index contributed by atoms with van der Waals surface area (Å²) >= 11 is 2.17. The van der Waals surface area contributed by atoms with E-state index in [1.165, 1.54) is 0 Å². The van der Waals surface area contributed by atoms with Crippen LogP contribution in [-0.4, -0.2) is 25.2 Å². The monoisotopic (exact) mass is 545 g/mol. The van der Waals surface area contributed by atoms with Crippen LogP contribution in [0.2, 0.25) is 0 Å². The molecule has 32 heavy (non-hydrogen) atoms. The zero-order chi connectivity index (χ0) is 22.8. The first kappa shape index (κ1) is 23.6. The van der Waals surface area contributed by atoms with E-state index in [-0.39, 0.29) is 19.6 Å². The van der Waals surface area contributed by atoms with Gasteiger partial charge in [0.2, 0.25) is 0 Å². The van der Waals surface area contributed by atoms with E-state index in [1.54, 1.807) is 7.11 Å². The van der Waals surface area contributed by atoms with Gasteiger partial charge in [-0.1, -0.05) is 66.7 Å². The van der Waals surface area contributed by atoms with Crippen molar-refractivity contribution < 1.29 is 23.8 Å². The maximum absolute atomic E-state index is 12.8. The Balaban J connectivity index is 1.66. The molecule has 0 heterocycles. The fraction of sp³-hybridized carbons (Fsp3) is 0.200. The van der Waals surface area contributed by atoms with Crippen molar-refractivity contribution in [3.8, 4) is 5.75 Å². The summed E-state index contributed by atoms with van der Waals surface area (Å²) in [6.45, 7) is 0.232. The van der Waals surface area contributed by atoms with Gasteiger partial charge in [0, 0.05) is 6.42 Å². The lowest BCUT2D eigenvalue weighted by Gasteiger charge is -2.18. The SMILES string of the molecule is COc1ccc(C[C@H](NC(=O)OCc2ccccc2)C(=O)OCc2ccccc2)cc1I. The maximum Gasteiger partial charge on any atom is 0.408 e. The molecule has 1 atom stereocenters. The third kappa shape index (κ3) is 7.26. The highest BCUT2D eigenvalue weighted by molar-refractivity contribution is 14.1. The number of carbonyl (C=O) groups is 2. The number of methoxy groups -OCH3 is 1. The fourth-order valence-corrected chi connectivity index (χ4v) is 3.80. The molecule has 0 fully saturated rings. The third-order valence-corrected chi connectivity index (χ3v) is 5.51. The van der Waals surface area contributed by atoms with Crippen molar-refractivity contribution in [2.75, 3.05) is 7.11 Å². The molecule has 3 aromatic rings. The molecule has 7 heteroatoms. The summed E-state index contributed by atoms with van der Waals surface area (Å²) in [5.74, 6) is 0.212. The smallest absolute Gasteiger partial charge is 0.408 e. The molecule has 0 bridgehead atoms. The largest absolute Gasteiger partial charge is 0.496 e. The second-order valence-corrected chi connectivity index (χ2v) is 8.19. The van der Waals surface area contributed by atoms with Crippen molar-refractivity contribution in [3.63, 3.8) is 0 Å². The van der Waals surface area contributed by atoms with E-state index in [0.29, 0.717) is 0 Å². The highest BCUT2D eigenvalue weighted by Crippen LogP contribution is 2.22. The van der Waals surface area contributed by atoms with Crippen LogP contribution >= 0.6 is 22.6 Å². The normalized spacial score (nSPS) is 11.3. The second kappa shape index (κ2) is 12.1. The van der Waals surface area contributed by atoms with E-state index in [9.17, 15) is 9.59 Å². The average Bonchev–Trinajstić information content (AvgIpc) is 2.82. The highest BCUT2D eigenvalue weighted by atomic mass is 127. The van der Waals surface area contributed by atoms with Crippen molar-refractivity contribution >= 4 is 34.7 Å². The minimum atomic E-state index is -0.897. The summed E-state index contributed by atoms with van der Waals surface area (Å²) in [6, 6.07) is 23.4. The summed E-state index contributed by atoms with van der Waals surface area (Å²) in [6.07, 6.45) is -0.424. The summed E-state index contributed by atoms with van der Waals surface area (Å²) in [7, 11) is 1.60. The molecular formula is C25H24INO5. The molecule has 3 rings (SSSR count). The van der Waals surface area contributed by atoms with Crippen LogP contribution in [-0.2, 0) is 33.9 Å². The molecule has 0 unspecified atom stereocenters. The van der Waals surface area contributed by atoms with Crippen molar-refractivity contribution in [1.29, 1.82) is 0 Å². The second-order valence-electron chi connectivity index (χ2n) is 7.02. The molecule has 0 aliphatic carbocycles. The van der Waals surface area contributed by atoms with Gasteiger partial charge >= 0.3 is 12.1 Å². The molecule has 0 aliphatic heterocycles. The number of halogens is 1. The van der Waals surface area contributed by atoms with Gasteiger partial charge in [0.1, 0.15) is 25.0 Å². The highest BCUT2D eigenvalue weighted by Gasteiger charge is 2.24. The lowest BCUT2D eigenvalue weighted by Crippen LogP contribution is -2.43. The van der Waals surface area contributed by atoms with Crippen LogP contribution in [0.25, 0.3) is 0 Å². The third-order valence-electron chi connectivity index (χ3n) is 4.67. The van der Waals surface area contributed by atoms with Crippen LogP contribution in [0.3, 0.4) is 0 Å². The minimum Gasteiger partial charge on any atom is -0.496 e. The van der Waals surface area contributed by atoms with Crippen LogP contribution in [0.5, 0.6) is 5.75 Å². The average molecular weight is 545 g/mol. The van der Waals surface area contributed by atoms with Crippen LogP contribution in [0.1, 0.15) is 16.7 Å². The summed E-state index contributed by atoms with van der Waals surface area (Å²) in [5, 5.41) is 2.65. The lowest BCUT2D eigenvalue weighted by atomic mass is 10.1. The van der Waals surface area contributed by atoms with Crippen LogP contribution < -0.4 is 10.1 Å². The van der Waals surface area contributed by atoms with E-state index in [0.717, 1.165) is 26.0 Å². The summed E-state index contributed by atoms with van der Waals surface area (Å²) in [4.78, 5) is 25.2. The Hall–Kier alpha value is -3.07. The first-order valence-electron chi connectivity index (χ1n) is 10.1. The minimum absolute atomic E-state index is 0.110. The maximum atomic E-state index is 12.8. The number of carbonyl (C=O) groups excluding carboxylic acids is 2. The molecule has 6 nitrogen and oxygen atoms in total. The van der Waals surface area contributed by atoms with E-state index in [1.807, 2.05) is 78.9 Å². The van der Waals surface area contributed by atoms with Gasteiger partial charge in [0.25, 0.3) is 0 Å².